The molecule has 2 aromatic rings. The number of oxazole rings is 1. The van der Waals surface area contributed by atoms with Crippen molar-refractivity contribution in [3.63, 3.8) is 0 Å². The van der Waals surface area contributed by atoms with Crippen LogP contribution < -0.4 is 15.5 Å². The van der Waals surface area contributed by atoms with E-state index in [4.69, 9.17) is 4.42 Å². The molecule has 1 aromatic heterocycles. The van der Waals surface area contributed by atoms with E-state index in [1.165, 1.54) is 0 Å². The minimum atomic E-state index is 0.126. The predicted molar refractivity (Wildman–Crippen MR) is 110 cm³/mol. The Morgan fingerprint density at radius 1 is 1.18 bits per heavy atom. The fourth-order valence-electron chi connectivity index (χ4n) is 4.42. The second-order valence-corrected chi connectivity index (χ2v) is 7.91. The second kappa shape index (κ2) is 8.92. The molecule has 2 N–H and O–H groups in total. The standard InChI is InChI=1S/C21H31N5O2/c1-22-10-11-23-20(27)16-5-4-12-26(15-16)17-8-13-25(14-9-17)21-24-18-6-2-3-7-19(18)28-21/h2-3,6-7,16-17,22H,4-5,8-15H2,1H3,(H,23,27)/t16-/m1/s1. The number of likely N-dealkylation sites (N-methyl/N-ethyl adjacent to an activating group) is 1. The van der Waals surface area contributed by atoms with E-state index in [0.29, 0.717) is 12.6 Å². The number of amides is 1. The minimum Gasteiger partial charge on any atom is -0.423 e. The van der Waals surface area contributed by atoms with Crippen molar-refractivity contribution < 1.29 is 9.21 Å². The number of likely N-dealkylation sites (tertiary alicyclic amines) is 1. The highest BCUT2D eigenvalue weighted by atomic mass is 16.4. The normalized spacial score (nSPS) is 21.9. The van der Waals surface area contributed by atoms with Crippen LogP contribution in [0.5, 0.6) is 0 Å². The molecule has 0 radical (unpaired) electrons. The molecule has 0 spiro atoms. The van der Waals surface area contributed by atoms with E-state index in [2.05, 4.69) is 25.4 Å². The maximum atomic E-state index is 12.4. The van der Waals surface area contributed by atoms with Gasteiger partial charge in [-0.3, -0.25) is 9.69 Å². The summed E-state index contributed by atoms with van der Waals surface area (Å²) in [5.41, 5.74) is 1.77. The molecule has 1 aromatic carbocycles. The Kier molecular flexibility index (Phi) is 6.12. The van der Waals surface area contributed by atoms with Crippen LogP contribution >= 0.6 is 0 Å². The molecule has 7 nitrogen and oxygen atoms in total. The summed E-state index contributed by atoms with van der Waals surface area (Å²) in [6.07, 6.45) is 4.29. The summed E-state index contributed by atoms with van der Waals surface area (Å²) >= 11 is 0. The lowest BCUT2D eigenvalue weighted by molar-refractivity contribution is -0.127. The van der Waals surface area contributed by atoms with Gasteiger partial charge < -0.3 is 20.0 Å². The lowest BCUT2D eigenvalue weighted by Crippen LogP contribution is -2.51. The molecular weight excluding hydrogens is 354 g/mol. The van der Waals surface area contributed by atoms with E-state index < -0.39 is 0 Å². The molecule has 3 heterocycles. The van der Waals surface area contributed by atoms with Crippen molar-refractivity contribution in [2.75, 3.05) is 51.2 Å². The number of carbonyl (C=O) groups is 1. The third-order valence-corrected chi connectivity index (χ3v) is 6.03. The zero-order chi connectivity index (χ0) is 19.3. The van der Waals surface area contributed by atoms with Gasteiger partial charge in [0, 0.05) is 38.8 Å². The zero-order valence-corrected chi connectivity index (χ0v) is 16.7. The Labute approximate surface area is 166 Å². The topological polar surface area (TPSA) is 73.6 Å². The first kappa shape index (κ1) is 19.2. The lowest BCUT2D eigenvalue weighted by atomic mass is 9.93. The van der Waals surface area contributed by atoms with Crippen molar-refractivity contribution >= 4 is 23.0 Å². The maximum Gasteiger partial charge on any atom is 0.298 e. The van der Waals surface area contributed by atoms with Gasteiger partial charge in [0.25, 0.3) is 6.01 Å². The average Bonchev–Trinajstić information content (AvgIpc) is 3.18. The monoisotopic (exact) mass is 385 g/mol. The fraction of sp³-hybridized carbons (Fsp3) is 0.619. The molecule has 2 saturated heterocycles. The highest BCUT2D eigenvalue weighted by Gasteiger charge is 2.32. The van der Waals surface area contributed by atoms with E-state index in [1.54, 1.807) is 0 Å². The summed E-state index contributed by atoms with van der Waals surface area (Å²) in [5, 5.41) is 6.13. The van der Waals surface area contributed by atoms with Crippen LogP contribution in [-0.2, 0) is 4.79 Å². The molecule has 1 amide bonds. The van der Waals surface area contributed by atoms with Gasteiger partial charge in [-0.1, -0.05) is 12.1 Å². The average molecular weight is 386 g/mol. The van der Waals surface area contributed by atoms with Crippen molar-refractivity contribution in [3.05, 3.63) is 24.3 Å². The number of fused-ring (bicyclic) bond motifs is 1. The van der Waals surface area contributed by atoms with Gasteiger partial charge >= 0.3 is 0 Å². The molecule has 4 rings (SSSR count). The molecule has 2 aliphatic rings. The number of anilines is 1. The number of hydrogen-bond donors (Lipinski definition) is 2. The van der Waals surface area contributed by atoms with Gasteiger partial charge in [-0.05, 0) is 51.4 Å². The van der Waals surface area contributed by atoms with Crippen LogP contribution in [0.15, 0.2) is 28.7 Å². The first-order chi connectivity index (χ1) is 13.7. The van der Waals surface area contributed by atoms with Gasteiger partial charge in [0.15, 0.2) is 5.58 Å². The molecule has 0 bridgehead atoms. The Balaban J connectivity index is 1.30. The lowest BCUT2D eigenvalue weighted by Gasteiger charge is -2.41. The Hall–Kier alpha value is -2.12. The molecule has 2 aliphatic heterocycles. The van der Waals surface area contributed by atoms with Crippen LogP contribution in [-0.4, -0.2) is 68.1 Å². The summed E-state index contributed by atoms with van der Waals surface area (Å²) in [4.78, 5) is 21.9. The molecule has 0 unspecified atom stereocenters. The molecule has 0 aliphatic carbocycles. The molecule has 7 heteroatoms. The van der Waals surface area contributed by atoms with Gasteiger partial charge in [0.2, 0.25) is 5.91 Å². The third-order valence-electron chi connectivity index (χ3n) is 6.03. The van der Waals surface area contributed by atoms with Crippen LogP contribution in [0.3, 0.4) is 0 Å². The maximum absolute atomic E-state index is 12.4. The van der Waals surface area contributed by atoms with Gasteiger partial charge in [-0.25, -0.2) is 0 Å². The summed E-state index contributed by atoms with van der Waals surface area (Å²) in [6, 6.07) is 9.21. The van der Waals surface area contributed by atoms with Crippen molar-refractivity contribution in [1.29, 1.82) is 0 Å². The van der Waals surface area contributed by atoms with Crippen molar-refractivity contribution in [2.45, 2.75) is 31.7 Å². The van der Waals surface area contributed by atoms with E-state index in [0.717, 1.165) is 75.5 Å². The van der Waals surface area contributed by atoms with Crippen LogP contribution in [0.25, 0.3) is 11.1 Å². The zero-order valence-electron chi connectivity index (χ0n) is 16.7. The number of piperidine rings is 2. The molecule has 0 saturated carbocycles. The number of rotatable bonds is 6. The summed E-state index contributed by atoms with van der Waals surface area (Å²) in [5.74, 6) is 0.338. The highest BCUT2D eigenvalue weighted by molar-refractivity contribution is 5.79. The first-order valence-corrected chi connectivity index (χ1v) is 10.5. The molecule has 152 valence electrons. The number of hydrogen-bond acceptors (Lipinski definition) is 6. The van der Waals surface area contributed by atoms with Gasteiger partial charge in [0.1, 0.15) is 5.52 Å². The van der Waals surface area contributed by atoms with Crippen molar-refractivity contribution in [2.24, 2.45) is 5.92 Å². The van der Waals surface area contributed by atoms with E-state index in [9.17, 15) is 4.79 Å². The van der Waals surface area contributed by atoms with Crippen LogP contribution in [0.4, 0.5) is 6.01 Å². The summed E-state index contributed by atoms with van der Waals surface area (Å²) in [7, 11) is 1.90. The predicted octanol–water partition coefficient (Wildman–Crippen LogP) is 1.84. The van der Waals surface area contributed by atoms with Crippen molar-refractivity contribution in [1.82, 2.24) is 20.5 Å². The molecular formula is C21H31N5O2. The smallest absolute Gasteiger partial charge is 0.298 e. The van der Waals surface area contributed by atoms with Gasteiger partial charge in [-0.2, -0.15) is 4.98 Å². The van der Waals surface area contributed by atoms with Gasteiger partial charge in [0.05, 0.1) is 5.92 Å². The Bertz CT molecular complexity index is 751. The number of nitrogens with zero attached hydrogens (tertiary/aromatic N) is 3. The fourth-order valence-corrected chi connectivity index (χ4v) is 4.42. The third kappa shape index (κ3) is 4.31. The summed E-state index contributed by atoms with van der Waals surface area (Å²) < 4.78 is 5.93. The second-order valence-electron chi connectivity index (χ2n) is 7.91. The summed E-state index contributed by atoms with van der Waals surface area (Å²) in [6.45, 7) is 5.41. The number of nitrogens with one attached hydrogen (secondary N) is 2. The van der Waals surface area contributed by atoms with E-state index in [1.807, 2.05) is 31.3 Å². The number of carbonyl (C=O) groups excluding carboxylic acids is 1. The minimum absolute atomic E-state index is 0.126. The molecule has 1 atom stereocenters. The Morgan fingerprint density at radius 3 is 2.79 bits per heavy atom. The van der Waals surface area contributed by atoms with Crippen LogP contribution in [0, 0.1) is 5.92 Å². The van der Waals surface area contributed by atoms with E-state index in [-0.39, 0.29) is 11.8 Å². The quantitative estimate of drug-likeness (QED) is 0.740. The van der Waals surface area contributed by atoms with Crippen LogP contribution in [0.1, 0.15) is 25.7 Å². The molecule has 2 fully saturated rings. The highest BCUT2D eigenvalue weighted by Crippen LogP contribution is 2.28. The van der Waals surface area contributed by atoms with Crippen LogP contribution in [0.2, 0.25) is 0 Å². The van der Waals surface area contributed by atoms with E-state index >= 15 is 0 Å². The van der Waals surface area contributed by atoms with Gasteiger partial charge in [-0.15, -0.1) is 0 Å². The number of aromatic nitrogens is 1. The first-order valence-electron chi connectivity index (χ1n) is 10.5. The van der Waals surface area contributed by atoms with Crippen molar-refractivity contribution in [3.8, 4) is 0 Å². The number of benzene rings is 1. The SMILES string of the molecule is CNCCNC(=O)[C@@H]1CCCN(C2CCN(c3nc4ccccc4o3)CC2)C1. The largest absolute Gasteiger partial charge is 0.423 e. The number of para-hydroxylation sites is 2. The Morgan fingerprint density at radius 2 is 2.00 bits per heavy atom. The molecule has 28 heavy (non-hydrogen) atoms.